The highest BCUT2D eigenvalue weighted by atomic mass is 16.5. The van der Waals surface area contributed by atoms with Crippen LogP contribution in [0.5, 0.6) is 11.6 Å². The Bertz CT molecular complexity index is 394. The molecular formula is C8H7NO3. The van der Waals surface area contributed by atoms with E-state index in [1.165, 1.54) is 0 Å². The van der Waals surface area contributed by atoms with Gasteiger partial charge in [-0.25, -0.2) is 0 Å². The zero-order valence-corrected chi connectivity index (χ0v) is 6.10. The predicted octanol–water partition coefficient (Wildman–Crippen LogP) is 1.29. The summed E-state index contributed by atoms with van der Waals surface area (Å²) in [6, 6.07) is 6.61. The molecule has 0 atom stereocenters. The van der Waals surface area contributed by atoms with Crippen molar-refractivity contribution in [3.63, 3.8) is 0 Å². The first kappa shape index (κ1) is 6.84. The van der Waals surface area contributed by atoms with Gasteiger partial charge in [0.05, 0.1) is 5.52 Å². The van der Waals surface area contributed by atoms with Gasteiger partial charge in [0.25, 0.3) is 5.88 Å². The molecule has 1 heterocycles. The monoisotopic (exact) mass is 165 g/mol. The minimum atomic E-state index is -0.531. The minimum absolute atomic E-state index is 0.298. The first-order chi connectivity index (χ1) is 5.72. The van der Waals surface area contributed by atoms with Gasteiger partial charge in [-0.2, -0.15) is 0 Å². The van der Waals surface area contributed by atoms with Gasteiger partial charge < -0.3 is 15.4 Å². The van der Waals surface area contributed by atoms with Crippen molar-refractivity contribution in [2.75, 3.05) is 0 Å². The molecule has 0 fully saturated rings. The normalized spacial score (nSPS) is 10.7. The van der Waals surface area contributed by atoms with Crippen LogP contribution in [0.4, 0.5) is 0 Å². The number of aromatic nitrogens is 1. The van der Waals surface area contributed by atoms with Crippen LogP contribution in [0.25, 0.3) is 10.9 Å². The van der Waals surface area contributed by atoms with Crippen LogP contribution in [0.1, 0.15) is 0 Å². The number of hydrogen-bond donors (Lipinski definition) is 3. The van der Waals surface area contributed by atoms with Gasteiger partial charge in [0, 0.05) is 5.39 Å². The molecule has 0 amide bonds. The molecule has 2 aromatic rings. The van der Waals surface area contributed by atoms with E-state index in [2.05, 4.69) is 0 Å². The first-order valence-electron chi connectivity index (χ1n) is 3.42. The van der Waals surface area contributed by atoms with Gasteiger partial charge in [-0.1, -0.05) is 12.1 Å². The molecule has 0 spiro atoms. The van der Waals surface area contributed by atoms with E-state index in [0.717, 1.165) is 0 Å². The summed E-state index contributed by atoms with van der Waals surface area (Å²) in [6.45, 7) is 0. The van der Waals surface area contributed by atoms with Crippen LogP contribution in [-0.4, -0.2) is 20.2 Å². The van der Waals surface area contributed by atoms with E-state index in [4.69, 9.17) is 5.11 Å². The van der Waals surface area contributed by atoms with Crippen LogP contribution in [0, 0.1) is 0 Å². The van der Waals surface area contributed by atoms with E-state index < -0.39 is 5.88 Å². The van der Waals surface area contributed by atoms with Crippen molar-refractivity contribution in [1.82, 2.24) is 4.73 Å². The molecule has 0 saturated carbocycles. The van der Waals surface area contributed by atoms with Crippen molar-refractivity contribution >= 4 is 10.9 Å². The van der Waals surface area contributed by atoms with Crippen LogP contribution in [0.2, 0.25) is 0 Å². The molecule has 4 heteroatoms. The van der Waals surface area contributed by atoms with Crippen LogP contribution >= 0.6 is 0 Å². The largest absolute Gasteiger partial charge is 0.503 e. The van der Waals surface area contributed by atoms with Crippen LogP contribution in [0.3, 0.4) is 0 Å². The minimum Gasteiger partial charge on any atom is -0.503 e. The predicted molar refractivity (Wildman–Crippen MR) is 42.5 cm³/mol. The SMILES string of the molecule is Oc1c(O)n(O)c2ccccc12. The number of benzene rings is 1. The van der Waals surface area contributed by atoms with E-state index in [1.54, 1.807) is 24.3 Å². The van der Waals surface area contributed by atoms with Gasteiger partial charge in [0.2, 0.25) is 0 Å². The zero-order valence-electron chi connectivity index (χ0n) is 6.10. The molecule has 0 bridgehead atoms. The average molecular weight is 165 g/mol. The lowest BCUT2D eigenvalue weighted by molar-refractivity contribution is 0.163. The van der Waals surface area contributed by atoms with Crippen molar-refractivity contribution in [1.29, 1.82) is 0 Å². The van der Waals surface area contributed by atoms with Gasteiger partial charge in [-0.15, -0.1) is 4.73 Å². The highest BCUT2D eigenvalue weighted by molar-refractivity contribution is 5.89. The number of para-hydroxylation sites is 1. The van der Waals surface area contributed by atoms with Gasteiger partial charge in [-0.3, -0.25) is 0 Å². The molecule has 1 aromatic carbocycles. The molecular weight excluding hydrogens is 158 g/mol. The topological polar surface area (TPSA) is 65.6 Å². The Kier molecular flexibility index (Phi) is 1.18. The van der Waals surface area contributed by atoms with Gasteiger partial charge in [0.15, 0.2) is 5.75 Å². The molecule has 2 rings (SSSR count). The zero-order chi connectivity index (χ0) is 8.72. The molecule has 0 saturated heterocycles. The number of hydrogen-bond acceptors (Lipinski definition) is 3. The lowest BCUT2D eigenvalue weighted by atomic mass is 10.2. The smallest absolute Gasteiger partial charge is 0.269 e. The Labute approximate surface area is 67.9 Å². The van der Waals surface area contributed by atoms with Crippen LogP contribution < -0.4 is 0 Å². The third kappa shape index (κ3) is 0.661. The molecule has 3 N–H and O–H groups in total. The Morgan fingerprint density at radius 3 is 2.42 bits per heavy atom. The second kappa shape index (κ2) is 2.07. The average Bonchev–Trinajstić information content (AvgIpc) is 2.33. The fourth-order valence-corrected chi connectivity index (χ4v) is 1.19. The first-order valence-corrected chi connectivity index (χ1v) is 3.42. The van der Waals surface area contributed by atoms with Crippen LogP contribution in [0.15, 0.2) is 24.3 Å². The highest BCUT2D eigenvalue weighted by Gasteiger charge is 2.13. The number of nitrogens with zero attached hydrogens (tertiary/aromatic N) is 1. The molecule has 0 aliphatic carbocycles. The lowest BCUT2D eigenvalue weighted by Gasteiger charge is -1.92. The summed E-state index contributed by atoms with van der Waals surface area (Å²) < 4.78 is 0.546. The molecule has 0 aliphatic heterocycles. The Balaban J connectivity index is 2.99. The highest BCUT2D eigenvalue weighted by Crippen LogP contribution is 2.35. The summed E-state index contributed by atoms with van der Waals surface area (Å²) in [5.74, 6) is -0.829. The summed E-state index contributed by atoms with van der Waals surface area (Å²) in [4.78, 5) is 0. The van der Waals surface area contributed by atoms with Crippen LogP contribution in [-0.2, 0) is 0 Å². The van der Waals surface area contributed by atoms with E-state index >= 15 is 0 Å². The summed E-state index contributed by atoms with van der Waals surface area (Å²) in [5, 5.41) is 28.0. The molecule has 0 aliphatic rings. The van der Waals surface area contributed by atoms with Crippen molar-refractivity contribution in [3.8, 4) is 11.6 Å². The van der Waals surface area contributed by atoms with Gasteiger partial charge >= 0.3 is 0 Å². The van der Waals surface area contributed by atoms with Crippen molar-refractivity contribution in [2.24, 2.45) is 0 Å². The molecule has 1 aromatic heterocycles. The summed E-state index contributed by atoms with van der Waals surface area (Å²) in [6.07, 6.45) is 0. The van der Waals surface area contributed by atoms with Crippen molar-refractivity contribution in [2.45, 2.75) is 0 Å². The van der Waals surface area contributed by atoms with Gasteiger partial charge in [0.1, 0.15) is 0 Å². The number of aromatic hydroxyl groups is 2. The number of rotatable bonds is 0. The fraction of sp³-hybridized carbons (Fsp3) is 0. The van der Waals surface area contributed by atoms with E-state index in [0.29, 0.717) is 15.6 Å². The molecule has 62 valence electrons. The maximum absolute atomic E-state index is 9.25. The third-order valence-electron chi connectivity index (χ3n) is 1.80. The Hall–Kier alpha value is -1.84. The van der Waals surface area contributed by atoms with E-state index in [9.17, 15) is 10.3 Å². The maximum Gasteiger partial charge on any atom is 0.269 e. The van der Waals surface area contributed by atoms with Crippen molar-refractivity contribution < 1.29 is 15.4 Å². The summed E-state index contributed by atoms with van der Waals surface area (Å²) in [5.41, 5.74) is 0.382. The fourth-order valence-electron chi connectivity index (χ4n) is 1.19. The quantitative estimate of drug-likeness (QED) is 0.515. The second-order valence-electron chi connectivity index (χ2n) is 2.50. The summed E-state index contributed by atoms with van der Waals surface area (Å²) in [7, 11) is 0. The molecule has 12 heavy (non-hydrogen) atoms. The maximum atomic E-state index is 9.25. The summed E-state index contributed by atoms with van der Waals surface area (Å²) >= 11 is 0. The van der Waals surface area contributed by atoms with Gasteiger partial charge in [-0.05, 0) is 12.1 Å². The number of fused-ring (bicyclic) bond motifs is 1. The van der Waals surface area contributed by atoms with E-state index in [1.807, 2.05) is 0 Å². The molecule has 0 unspecified atom stereocenters. The Morgan fingerprint density at radius 1 is 1.08 bits per heavy atom. The second-order valence-corrected chi connectivity index (χ2v) is 2.50. The van der Waals surface area contributed by atoms with E-state index in [-0.39, 0.29) is 5.75 Å². The molecule has 0 radical (unpaired) electrons. The molecule has 4 nitrogen and oxygen atoms in total. The lowest BCUT2D eigenvalue weighted by Crippen LogP contribution is -1.86. The third-order valence-corrected chi connectivity index (χ3v) is 1.80. The van der Waals surface area contributed by atoms with Crippen molar-refractivity contribution in [3.05, 3.63) is 24.3 Å². The standard InChI is InChI=1S/C8H7NO3/c10-7-5-3-1-2-4-6(5)9(12)8(7)11/h1-4,10-12H. The Morgan fingerprint density at radius 2 is 1.75 bits per heavy atom.